The zero-order chi connectivity index (χ0) is 20.2. The van der Waals surface area contributed by atoms with Gasteiger partial charge < -0.3 is 10.2 Å². The van der Waals surface area contributed by atoms with Gasteiger partial charge in [0.25, 0.3) is 0 Å². The van der Waals surface area contributed by atoms with E-state index in [-0.39, 0.29) is 11.8 Å². The maximum atomic E-state index is 11.7. The van der Waals surface area contributed by atoms with Gasteiger partial charge >= 0.3 is 5.97 Å². The number of hydrogen-bond donors (Lipinski definition) is 1. The zero-order valence-electron chi connectivity index (χ0n) is 16.1. The van der Waals surface area contributed by atoms with Gasteiger partial charge in [-0.2, -0.15) is 5.10 Å². The SMILES string of the molecule is O=C(O)/C=C/c1nn(C2CCCCC2)c(-c2ccc([O-])cc2)c1-c1ccccc1. The molecule has 0 amide bonds. The van der Waals surface area contributed by atoms with E-state index in [1.54, 1.807) is 18.2 Å². The number of carbonyl (C=O) groups is 1. The van der Waals surface area contributed by atoms with Crippen molar-refractivity contribution >= 4 is 12.0 Å². The van der Waals surface area contributed by atoms with Crippen LogP contribution in [0.5, 0.6) is 5.75 Å². The molecular weight excluding hydrogens is 364 g/mol. The van der Waals surface area contributed by atoms with Gasteiger partial charge in [-0.05, 0) is 24.5 Å². The van der Waals surface area contributed by atoms with E-state index in [9.17, 15) is 9.90 Å². The lowest BCUT2D eigenvalue weighted by atomic mass is 9.94. The molecule has 1 aliphatic rings. The first kappa shape index (κ1) is 19.0. The number of aliphatic carboxylic acids is 1. The van der Waals surface area contributed by atoms with Crippen molar-refractivity contribution in [2.45, 2.75) is 38.1 Å². The fourth-order valence-corrected chi connectivity index (χ4v) is 4.09. The highest BCUT2D eigenvalue weighted by atomic mass is 16.4. The third-order valence-corrected chi connectivity index (χ3v) is 5.43. The van der Waals surface area contributed by atoms with Crippen LogP contribution in [0.15, 0.2) is 60.7 Å². The lowest BCUT2D eigenvalue weighted by Crippen LogP contribution is -2.15. The molecular formula is C24H23N2O3-. The average Bonchev–Trinajstić information content (AvgIpc) is 3.13. The van der Waals surface area contributed by atoms with Gasteiger partial charge in [0.05, 0.1) is 17.4 Å². The molecule has 29 heavy (non-hydrogen) atoms. The Bertz CT molecular complexity index is 1010. The summed E-state index contributed by atoms with van der Waals surface area (Å²) in [5.41, 5.74) is 4.35. The molecule has 0 aliphatic heterocycles. The van der Waals surface area contributed by atoms with Crippen LogP contribution in [0.3, 0.4) is 0 Å². The molecule has 148 valence electrons. The summed E-state index contributed by atoms with van der Waals surface area (Å²) in [6, 6.07) is 16.9. The summed E-state index contributed by atoms with van der Waals surface area (Å²) in [5, 5.41) is 25.7. The van der Waals surface area contributed by atoms with Crippen LogP contribution in [0, 0.1) is 0 Å². The lowest BCUT2D eigenvalue weighted by molar-refractivity contribution is -0.268. The largest absolute Gasteiger partial charge is 0.872 e. The Morgan fingerprint density at radius 1 is 1.00 bits per heavy atom. The van der Waals surface area contributed by atoms with Gasteiger partial charge in [-0.1, -0.05) is 73.9 Å². The molecule has 0 saturated heterocycles. The van der Waals surface area contributed by atoms with Crippen LogP contribution >= 0.6 is 0 Å². The lowest BCUT2D eigenvalue weighted by Gasteiger charge is -2.24. The smallest absolute Gasteiger partial charge is 0.328 e. The molecule has 4 rings (SSSR count). The summed E-state index contributed by atoms with van der Waals surface area (Å²) < 4.78 is 2.06. The number of carboxylic acids is 1. The predicted octanol–water partition coefficient (Wildman–Crippen LogP) is 4.89. The molecule has 1 aromatic heterocycles. The Kier molecular flexibility index (Phi) is 5.47. The molecule has 0 radical (unpaired) electrons. The van der Waals surface area contributed by atoms with Crippen LogP contribution in [0.2, 0.25) is 0 Å². The topological polar surface area (TPSA) is 78.2 Å². The highest BCUT2D eigenvalue weighted by molar-refractivity contribution is 5.91. The van der Waals surface area contributed by atoms with Gasteiger partial charge in [0.15, 0.2) is 0 Å². The maximum Gasteiger partial charge on any atom is 0.328 e. The van der Waals surface area contributed by atoms with E-state index >= 15 is 0 Å². The molecule has 0 bridgehead atoms. The number of nitrogens with zero attached hydrogens (tertiary/aromatic N) is 2. The molecule has 1 aliphatic carbocycles. The zero-order valence-corrected chi connectivity index (χ0v) is 16.1. The van der Waals surface area contributed by atoms with Crippen LogP contribution in [0.1, 0.15) is 43.8 Å². The number of benzene rings is 2. The van der Waals surface area contributed by atoms with Gasteiger partial charge in [0.1, 0.15) is 0 Å². The summed E-state index contributed by atoms with van der Waals surface area (Å²) >= 11 is 0. The van der Waals surface area contributed by atoms with Crippen LogP contribution in [0.25, 0.3) is 28.5 Å². The first-order chi connectivity index (χ1) is 14.1. The van der Waals surface area contributed by atoms with E-state index in [1.807, 2.05) is 42.5 Å². The monoisotopic (exact) mass is 387 g/mol. The van der Waals surface area contributed by atoms with E-state index in [2.05, 4.69) is 4.68 Å². The Balaban J connectivity index is 1.97. The summed E-state index contributed by atoms with van der Waals surface area (Å²) in [4.78, 5) is 11.2. The first-order valence-electron chi connectivity index (χ1n) is 10.00. The van der Waals surface area contributed by atoms with Crippen LogP contribution in [-0.4, -0.2) is 20.9 Å². The van der Waals surface area contributed by atoms with Gasteiger partial charge in [0, 0.05) is 17.2 Å². The predicted molar refractivity (Wildman–Crippen MR) is 111 cm³/mol. The number of carboxylic acid groups (broad SMARTS) is 1. The van der Waals surface area contributed by atoms with E-state index in [1.165, 1.54) is 6.42 Å². The quantitative estimate of drug-likeness (QED) is 0.632. The minimum Gasteiger partial charge on any atom is -0.872 e. The highest BCUT2D eigenvalue weighted by Crippen LogP contribution is 2.40. The summed E-state index contributed by atoms with van der Waals surface area (Å²) in [6.45, 7) is 0. The molecule has 1 N–H and O–H groups in total. The van der Waals surface area contributed by atoms with Crippen LogP contribution in [-0.2, 0) is 4.79 Å². The number of hydrogen-bond acceptors (Lipinski definition) is 3. The van der Waals surface area contributed by atoms with Gasteiger partial charge in [-0.15, -0.1) is 5.75 Å². The van der Waals surface area contributed by atoms with E-state index < -0.39 is 5.97 Å². The van der Waals surface area contributed by atoms with Crippen molar-refractivity contribution in [2.75, 3.05) is 0 Å². The van der Waals surface area contributed by atoms with Crippen molar-refractivity contribution in [2.24, 2.45) is 0 Å². The highest BCUT2D eigenvalue weighted by Gasteiger charge is 2.25. The fourth-order valence-electron chi connectivity index (χ4n) is 4.09. The fraction of sp³-hybridized carbons (Fsp3) is 0.250. The van der Waals surface area contributed by atoms with Crippen molar-refractivity contribution in [3.8, 4) is 28.1 Å². The average molecular weight is 387 g/mol. The van der Waals surface area contributed by atoms with Crippen LogP contribution in [0.4, 0.5) is 0 Å². The van der Waals surface area contributed by atoms with Crippen molar-refractivity contribution in [3.63, 3.8) is 0 Å². The summed E-state index contributed by atoms with van der Waals surface area (Å²) in [7, 11) is 0. The maximum absolute atomic E-state index is 11.7. The summed E-state index contributed by atoms with van der Waals surface area (Å²) in [6.07, 6.45) is 8.33. The van der Waals surface area contributed by atoms with E-state index in [0.29, 0.717) is 5.69 Å². The minimum atomic E-state index is -1.01. The second-order valence-electron chi connectivity index (χ2n) is 7.41. The molecule has 5 heteroatoms. The molecule has 5 nitrogen and oxygen atoms in total. The third-order valence-electron chi connectivity index (χ3n) is 5.43. The molecule has 0 atom stereocenters. The third kappa shape index (κ3) is 4.09. The van der Waals surface area contributed by atoms with Gasteiger partial charge in [0.2, 0.25) is 0 Å². The number of aromatic nitrogens is 2. The summed E-state index contributed by atoms with van der Waals surface area (Å²) in [5.74, 6) is -1.04. The molecule has 1 saturated carbocycles. The Hall–Kier alpha value is -3.34. The molecule has 2 aromatic carbocycles. The molecule has 1 fully saturated rings. The standard InChI is InChI=1S/C24H24N2O3/c27-20-13-11-18(12-14-20)24-23(17-7-3-1-4-8-17)21(15-16-22(28)29)25-26(24)19-9-5-2-6-10-19/h1,3-4,7-8,11-16,19,27H,2,5-6,9-10H2,(H,28,29)/p-1/b16-15+. The van der Waals surface area contributed by atoms with Gasteiger partial charge in [-0.3, -0.25) is 4.68 Å². The second-order valence-corrected chi connectivity index (χ2v) is 7.41. The van der Waals surface area contributed by atoms with Crippen molar-refractivity contribution in [3.05, 3.63) is 66.4 Å². The molecule has 0 spiro atoms. The second kappa shape index (κ2) is 8.35. The molecule has 0 unspecified atom stereocenters. The van der Waals surface area contributed by atoms with Crippen LogP contribution < -0.4 is 5.11 Å². The molecule has 1 heterocycles. The Labute approximate surface area is 169 Å². The number of rotatable bonds is 5. The van der Waals surface area contributed by atoms with Crippen molar-refractivity contribution in [1.29, 1.82) is 0 Å². The van der Waals surface area contributed by atoms with Crippen molar-refractivity contribution in [1.82, 2.24) is 9.78 Å². The Morgan fingerprint density at radius 2 is 1.69 bits per heavy atom. The molecule has 3 aromatic rings. The normalized spacial score (nSPS) is 15.0. The van der Waals surface area contributed by atoms with Crippen molar-refractivity contribution < 1.29 is 15.0 Å². The first-order valence-corrected chi connectivity index (χ1v) is 10.00. The Morgan fingerprint density at radius 3 is 2.34 bits per heavy atom. The minimum absolute atomic E-state index is 0.0373. The van der Waals surface area contributed by atoms with E-state index in [0.717, 1.165) is 54.1 Å². The van der Waals surface area contributed by atoms with E-state index in [4.69, 9.17) is 10.2 Å². The van der Waals surface area contributed by atoms with Gasteiger partial charge in [-0.25, -0.2) is 4.79 Å².